The largest absolute Gasteiger partial charge is 0.393 e. The Morgan fingerprint density at radius 3 is 2.88 bits per heavy atom. The molecule has 2 aromatic carbocycles. The molecule has 1 heterocycles. The number of hydrogen-bond acceptors (Lipinski definition) is 5. The number of anilines is 2. The van der Waals surface area contributed by atoms with Gasteiger partial charge in [-0.25, -0.2) is 14.9 Å². The molecular weight excluding hydrogens is 491 g/mol. The van der Waals surface area contributed by atoms with E-state index in [1.807, 2.05) is 32.0 Å². The Balaban J connectivity index is 1.71. The average molecular weight is 519 g/mol. The summed E-state index contributed by atoms with van der Waals surface area (Å²) >= 11 is 3.43. The van der Waals surface area contributed by atoms with Crippen LogP contribution >= 0.6 is 15.9 Å². The topological polar surface area (TPSA) is 88.4 Å². The van der Waals surface area contributed by atoms with Crippen LogP contribution in [0.25, 0.3) is 11.0 Å². The first-order valence-corrected chi connectivity index (χ1v) is 12.0. The fourth-order valence-electron chi connectivity index (χ4n) is 3.60. The Morgan fingerprint density at radius 2 is 2.18 bits per heavy atom. The molecule has 3 N–H and O–H groups in total. The number of aryl methyl sites for hydroxylation is 2. The second-order valence-electron chi connectivity index (χ2n) is 8.54. The third kappa shape index (κ3) is 5.54. The van der Waals surface area contributed by atoms with Gasteiger partial charge in [0.05, 0.1) is 35.8 Å². The summed E-state index contributed by atoms with van der Waals surface area (Å²) in [5.41, 5.74) is 4.83. The first-order valence-electron chi connectivity index (χ1n) is 11.2. The molecule has 1 fully saturated rings. The van der Waals surface area contributed by atoms with E-state index in [-0.39, 0.29) is 16.8 Å². The van der Waals surface area contributed by atoms with Crippen LogP contribution in [-0.2, 0) is 11.4 Å². The van der Waals surface area contributed by atoms with E-state index in [1.54, 1.807) is 10.6 Å². The zero-order valence-electron chi connectivity index (χ0n) is 18.7. The van der Waals surface area contributed by atoms with E-state index < -0.39 is 17.8 Å². The van der Waals surface area contributed by atoms with Crippen molar-refractivity contribution in [2.75, 3.05) is 11.9 Å². The van der Waals surface area contributed by atoms with Crippen LogP contribution in [0.5, 0.6) is 0 Å². The van der Waals surface area contributed by atoms with Gasteiger partial charge in [0.15, 0.2) is 5.82 Å². The molecule has 0 saturated heterocycles. The van der Waals surface area contributed by atoms with E-state index in [0.717, 1.165) is 22.9 Å². The molecule has 0 radical (unpaired) electrons. The fraction of sp³-hybridized carbons (Fsp3) is 0.417. The van der Waals surface area contributed by atoms with Crippen molar-refractivity contribution in [2.24, 2.45) is 5.92 Å². The molecule has 4 rings (SSSR count). The maximum Gasteiger partial charge on any atom is 0.277 e. The molecule has 1 aromatic heterocycles. The van der Waals surface area contributed by atoms with Crippen LogP contribution in [0.2, 0.25) is 0 Å². The highest BCUT2D eigenvalue weighted by atomic mass is 79.9. The standard InChI is InChI=1S/C24H28BrFN4O3/c1-3-17(31)8-9-30-13-27-23-20(30)11-18(24(32)29-33-12-15-4-5-15)22(21(23)26)28-19-7-6-16(25)10-14(19)2/h6-7,10-11,13,15,17,28,31H,3-5,8-9,12H2,1-2H3,(H,29,32). The number of rotatable bonds is 10. The van der Waals surface area contributed by atoms with E-state index in [1.165, 1.54) is 6.33 Å². The highest BCUT2D eigenvalue weighted by Crippen LogP contribution is 2.33. The van der Waals surface area contributed by atoms with Crippen LogP contribution in [0.3, 0.4) is 0 Å². The zero-order valence-corrected chi connectivity index (χ0v) is 20.3. The van der Waals surface area contributed by atoms with E-state index in [4.69, 9.17) is 4.84 Å². The molecule has 0 bridgehead atoms. The fourth-order valence-corrected chi connectivity index (χ4v) is 4.07. The predicted molar refractivity (Wildman–Crippen MR) is 129 cm³/mol. The Labute approximate surface area is 200 Å². The summed E-state index contributed by atoms with van der Waals surface area (Å²) in [6.45, 7) is 4.71. The van der Waals surface area contributed by atoms with E-state index >= 15 is 4.39 Å². The monoisotopic (exact) mass is 518 g/mol. The van der Waals surface area contributed by atoms with Crippen molar-refractivity contribution in [1.29, 1.82) is 0 Å². The number of carbonyl (C=O) groups excluding carboxylic acids is 1. The predicted octanol–water partition coefficient (Wildman–Crippen LogP) is 5.22. The van der Waals surface area contributed by atoms with Crippen molar-refractivity contribution < 1.29 is 19.1 Å². The van der Waals surface area contributed by atoms with Gasteiger partial charge in [-0.15, -0.1) is 0 Å². The van der Waals surface area contributed by atoms with Crippen molar-refractivity contribution >= 4 is 44.2 Å². The molecule has 1 aliphatic rings. The maximum atomic E-state index is 15.7. The number of aliphatic hydroxyl groups excluding tert-OH is 1. The molecule has 1 atom stereocenters. The number of hydrogen-bond donors (Lipinski definition) is 3. The number of fused-ring (bicyclic) bond motifs is 1. The third-order valence-electron chi connectivity index (χ3n) is 5.90. The average Bonchev–Trinajstić information content (AvgIpc) is 3.52. The summed E-state index contributed by atoms with van der Waals surface area (Å²) < 4.78 is 18.4. The lowest BCUT2D eigenvalue weighted by Gasteiger charge is -2.16. The van der Waals surface area contributed by atoms with Crippen LogP contribution in [0, 0.1) is 18.7 Å². The van der Waals surface area contributed by atoms with Crippen LogP contribution in [0.1, 0.15) is 48.5 Å². The van der Waals surface area contributed by atoms with Gasteiger partial charge in [-0.1, -0.05) is 22.9 Å². The Kier molecular flexibility index (Phi) is 7.31. The molecule has 0 aliphatic heterocycles. The van der Waals surface area contributed by atoms with Gasteiger partial charge >= 0.3 is 0 Å². The minimum atomic E-state index is -0.614. The molecule has 1 aliphatic carbocycles. The first kappa shape index (κ1) is 23.7. The molecule has 1 saturated carbocycles. The van der Waals surface area contributed by atoms with Gasteiger partial charge in [0.25, 0.3) is 5.91 Å². The molecular formula is C24H28BrFN4O3. The SMILES string of the molecule is CCC(O)CCn1cnc2c(F)c(Nc3ccc(Br)cc3C)c(C(=O)NOCC3CC3)cc21. The molecule has 33 heavy (non-hydrogen) atoms. The first-order chi connectivity index (χ1) is 15.9. The van der Waals surface area contributed by atoms with Gasteiger partial charge in [-0.3, -0.25) is 9.63 Å². The highest BCUT2D eigenvalue weighted by Gasteiger charge is 2.25. The lowest BCUT2D eigenvalue weighted by molar-refractivity contribution is 0.0271. The number of aliphatic hydroxyl groups is 1. The minimum absolute atomic E-state index is 0.0410. The number of imidazole rings is 1. The zero-order chi connectivity index (χ0) is 23.5. The second-order valence-corrected chi connectivity index (χ2v) is 9.46. The van der Waals surface area contributed by atoms with Gasteiger partial charge in [0.2, 0.25) is 0 Å². The Bertz CT molecular complexity index is 1160. The lowest BCUT2D eigenvalue weighted by atomic mass is 10.1. The number of nitrogens with one attached hydrogen (secondary N) is 2. The van der Waals surface area contributed by atoms with Gasteiger partial charge in [0.1, 0.15) is 5.52 Å². The number of halogens is 2. The second kappa shape index (κ2) is 10.2. The number of hydroxylamine groups is 1. The normalized spacial score (nSPS) is 14.5. The quantitative estimate of drug-likeness (QED) is 0.320. The Morgan fingerprint density at radius 1 is 1.39 bits per heavy atom. The number of benzene rings is 2. The smallest absolute Gasteiger partial charge is 0.277 e. The minimum Gasteiger partial charge on any atom is -0.393 e. The van der Waals surface area contributed by atoms with Gasteiger partial charge < -0.3 is 15.0 Å². The number of carbonyl (C=O) groups is 1. The van der Waals surface area contributed by atoms with Gasteiger partial charge in [-0.05, 0) is 68.4 Å². The molecule has 0 spiro atoms. The van der Waals surface area contributed by atoms with E-state index in [9.17, 15) is 9.90 Å². The number of aromatic nitrogens is 2. The van der Waals surface area contributed by atoms with Gasteiger partial charge in [0, 0.05) is 16.7 Å². The molecule has 1 unspecified atom stereocenters. The summed E-state index contributed by atoms with van der Waals surface area (Å²) in [7, 11) is 0. The number of amides is 1. The number of nitrogens with zero attached hydrogens (tertiary/aromatic N) is 2. The van der Waals surface area contributed by atoms with Crippen molar-refractivity contribution in [3.8, 4) is 0 Å². The molecule has 7 nitrogen and oxygen atoms in total. The van der Waals surface area contributed by atoms with Crippen molar-refractivity contribution in [1.82, 2.24) is 15.0 Å². The molecule has 3 aromatic rings. The molecule has 176 valence electrons. The van der Waals surface area contributed by atoms with Crippen molar-refractivity contribution in [2.45, 2.75) is 52.2 Å². The third-order valence-corrected chi connectivity index (χ3v) is 6.40. The van der Waals surface area contributed by atoms with Crippen LogP contribution in [0.15, 0.2) is 35.1 Å². The summed E-state index contributed by atoms with van der Waals surface area (Å²) in [5.74, 6) is -0.675. The van der Waals surface area contributed by atoms with Gasteiger partial charge in [-0.2, -0.15) is 0 Å². The van der Waals surface area contributed by atoms with Crippen molar-refractivity contribution in [3.63, 3.8) is 0 Å². The van der Waals surface area contributed by atoms with Crippen LogP contribution in [-0.4, -0.2) is 33.3 Å². The van der Waals surface area contributed by atoms with E-state index in [2.05, 4.69) is 31.7 Å². The molecule has 9 heteroatoms. The van der Waals surface area contributed by atoms with Crippen molar-refractivity contribution in [3.05, 3.63) is 52.0 Å². The van der Waals surface area contributed by atoms with Crippen LogP contribution in [0.4, 0.5) is 15.8 Å². The lowest BCUT2D eigenvalue weighted by Crippen LogP contribution is -2.26. The highest BCUT2D eigenvalue weighted by molar-refractivity contribution is 9.10. The van der Waals surface area contributed by atoms with Crippen LogP contribution < -0.4 is 10.8 Å². The maximum absolute atomic E-state index is 15.7. The summed E-state index contributed by atoms with van der Waals surface area (Å²) in [6.07, 6.45) is 4.41. The Hall–Kier alpha value is -2.49. The summed E-state index contributed by atoms with van der Waals surface area (Å²) in [6, 6.07) is 7.19. The molecule has 1 amide bonds. The summed E-state index contributed by atoms with van der Waals surface area (Å²) in [4.78, 5) is 22.6. The van der Waals surface area contributed by atoms with E-state index in [0.29, 0.717) is 43.1 Å². The summed E-state index contributed by atoms with van der Waals surface area (Å²) in [5, 5.41) is 13.0.